The van der Waals surface area contributed by atoms with Gasteiger partial charge in [0.25, 0.3) is 5.56 Å². The number of nitrogens with one attached hydrogen (secondary N) is 1. The van der Waals surface area contributed by atoms with Crippen LogP contribution in [0.4, 0.5) is 0 Å². The highest BCUT2D eigenvalue weighted by molar-refractivity contribution is 9.10. The third-order valence-electron chi connectivity index (χ3n) is 3.45. The summed E-state index contributed by atoms with van der Waals surface area (Å²) >= 11 is 11.3. The van der Waals surface area contributed by atoms with Gasteiger partial charge in [0.1, 0.15) is 0 Å². The van der Waals surface area contributed by atoms with E-state index in [9.17, 15) is 4.79 Å². The summed E-state index contributed by atoms with van der Waals surface area (Å²) in [6.07, 6.45) is -0.420. The van der Waals surface area contributed by atoms with Gasteiger partial charge in [-0.2, -0.15) is 0 Å². The first-order chi connectivity index (χ1) is 10.6. The molecule has 1 aromatic carbocycles. The predicted molar refractivity (Wildman–Crippen MR) is 90.5 cm³/mol. The van der Waals surface area contributed by atoms with Crippen molar-refractivity contribution in [1.29, 1.82) is 0 Å². The highest BCUT2D eigenvalue weighted by atomic mass is 79.9. The lowest BCUT2D eigenvalue weighted by Crippen LogP contribution is -2.14. The van der Waals surface area contributed by atoms with Gasteiger partial charge in [-0.05, 0) is 21.7 Å². The van der Waals surface area contributed by atoms with Crippen molar-refractivity contribution in [2.45, 2.75) is 24.8 Å². The molecule has 0 spiro atoms. The van der Waals surface area contributed by atoms with Crippen molar-refractivity contribution in [3.8, 4) is 0 Å². The van der Waals surface area contributed by atoms with Crippen LogP contribution in [0.5, 0.6) is 0 Å². The Bertz CT molecular complexity index is 862. The van der Waals surface area contributed by atoms with Crippen LogP contribution in [0.25, 0.3) is 15.7 Å². The Morgan fingerprint density at radius 1 is 1.64 bits per heavy atom. The number of ether oxygens (including phenoxy) is 1. The van der Waals surface area contributed by atoms with Crippen molar-refractivity contribution in [3.05, 3.63) is 42.4 Å². The molecule has 0 aliphatic carbocycles. The van der Waals surface area contributed by atoms with Gasteiger partial charge < -0.3 is 14.6 Å². The van der Waals surface area contributed by atoms with Gasteiger partial charge in [0.2, 0.25) is 6.54 Å². The second-order valence-electron chi connectivity index (χ2n) is 4.69. The van der Waals surface area contributed by atoms with E-state index in [-0.39, 0.29) is 12.1 Å². The molecule has 22 heavy (non-hydrogen) atoms. The van der Waals surface area contributed by atoms with Crippen molar-refractivity contribution < 1.29 is 4.74 Å². The molecule has 8 heteroatoms. The molecule has 1 aliphatic rings. The van der Waals surface area contributed by atoms with Gasteiger partial charge in [0.05, 0.1) is 22.5 Å². The molecule has 0 saturated heterocycles. The summed E-state index contributed by atoms with van der Waals surface area (Å²) in [5.74, 6) is 0.793. The van der Waals surface area contributed by atoms with Crippen LogP contribution < -0.4 is 5.56 Å². The minimum Gasteiger partial charge on any atom is -0.361 e. The zero-order valence-electron chi connectivity index (χ0n) is 11.6. The lowest BCUT2D eigenvalue weighted by Gasteiger charge is -2.11. The van der Waals surface area contributed by atoms with Crippen LogP contribution >= 0.6 is 39.3 Å². The fourth-order valence-electron chi connectivity index (χ4n) is 2.56. The van der Waals surface area contributed by atoms with E-state index in [1.54, 1.807) is 0 Å². The molecule has 2 heterocycles. The molecule has 0 amide bonds. The Morgan fingerprint density at radius 3 is 3.09 bits per heavy atom. The normalized spacial score (nSPS) is 16.7. The highest BCUT2D eigenvalue weighted by Gasteiger charge is 2.33. The van der Waals surface area contributed by atoms with E-state index >= 15 is 0 Å². The molecule has 0 bridgehead atoms. The Morgan fingerprint density at radius 2 is 2.41 bits per heavy atom. The monoisotopic (exact) mass is 399 g/mol. The molecule has 1 aliphatic heterocycles. The second kappa shape index (κ2) is 6.20. The van der Waals surface area contributed by atoms with E-state index in [1.807, 2.05) is 6.92 Å². The van der Waals surface area contributed by atoms with Gasteiger partial charge in [-0.3, -0.25) is 4.79 Å². The van der Waals surface area contributed by atoms with E-state index in [0.717, 1.165) is 16.9 Å². The van der Waals surface area contributed by atoms with Crippen molar-refractivity contribution in [3.63, 3.8) is 0 Å². The number of aromatic amines is 1. The first-order valence-corrected chi connectivity index (χ1v) is 8.75. The van der Waals surface area contributed by atoms with Crippen LogP contribution in [-0.2, 0) is 11.3 Å². The standard InChI is InChI=1S/C14H11BrClN3O2S/c1-3-22-14-18-12-9(13(20)19-14)8-6(10(15)11(12)16)5-21-7(8)4-17-2/h7H,3-5H2,1H3,(H,18,19,20). The van der Waals surface area contributed by atoms with Gasteiger partial charge in [-0.25, -0.2) is 11.6 Å². The van der Waals surface area contributed by atoms with E-state index in [0.29, 0.717) is 32.2 Å². The van der Waals surface area contributed by atoms with Crippen LogP contribution in [0.1, 0.15) is 24.2 Å². The van der Waals surface area contributed by atoms with E-state index in [2.05, 4.69) is 30.7 Å². The van der Waals surface area contributed by atoms with Crippen LogP contribution in [0.2, 0.25) is 5.02 Å². The molecule has 2 aromatic rings. The number of halogens is 2. The fourth-order valence-corrected chi connectivity index (χ4v) is 3.92. The summed E-state index contributed by atoms with van der Waals surface area (Å²) < 4.78 is 6.34. The average molecular weight is 401 g/mol. The van der Waals surface area contributed by atoms with Gasteiger partial charge in [-0.1, -0.05) is 30.3 Å². The maximum Gasteiger partial charge on any atom is 0.259 e. The summed E-state index contributed by atoms with van der Waals surface area (Å²) in [6.45, 7) is 9.54. The number of nitrogens with zero attached hydrogens (tertiary/aromatic N) is 2. The number of H-pyrrole nitrogens is 1. The molecular weight excluding hydrogens is 390 g/mol. The molecule has 1 atom stereocenters. The van der Waals surface area contributed by atoms with Gasteiger partial charge >= 0.3 is 0 Å². The number of hydrogen-bond acceptors (Lipinski definition) is 4. The minimum absolute atomic E-state index is 0.168. The summed E-state index contributed by atoms with van der Waals surface area (Å²) in [5, 5.41) is 1.37. The number of fused-ring (bicyclic) bond motifs is 3. The fraction of sp³-hybridized carbons (Fsp3) is 0.357. The Kier molecular flexibility index (Phi) is 4.46. The third-order valence-corrected chi connectivity index (χ3v) is 5.67. The maximum atomic E-state index is 12.5. The number of aromatic nitrogens is 2. The third kappa shape index (κ3) is 2.44. The topological polar surface area (TPSA) is 59.3 Å². The predicted octanol–water partition coefficient (Wildman–Crippen LogP) is 3.94. The number of rotatable bonds is 3. The number of hydrogen-bond donors (Lipinski definition) is 1. The summed E-state index contributed by atoms with van der Waals surface area (Å²) in [6, 6.07) is 0. The van der Waals surface area contributed by atoms with Crippen molar-refractivity contribution in [2.75, 3.05) is 12.3 Å². The molecule has 5 nitrogen and oxygen atoms in total. The van der Waals surface area contributed by atoms with Crippen LogP contribution in [0.15, 0.2) is 14.4 Å². The van der Waals surface area contributed by atoms with E-state index in [4.69, 9.17) is 22.9 Å². The second-order valence-corrected chi connectivity index (χ2v) is 7.11. The highest BCUT2D eigenvalue weighted by Crippen LogP contribution is 2.43. The van der Waals surface area contributed by atoms with Crippen LogP contribution in [0, 0.1) is 6.57 Å². The Labute approximate surface area is 144 Å². The number of thioether (sulfide) groups is 1. The van der Waals surface area contributed by atoms with Crippen molar-refractivity contribution >= 4 is 50.2 Å². The molecule has 1 unspecified atom stereocenters. The zero-order valence-corrected chi connectivity index (χ0v) is 14.7. The van der Waals surface area contributed by atoms with Gasteiger partial charge in [-0.15, -0.1) is 0 Å². The average Bonchev–Trinajstić information content (AvgIpc) is 2.89. The molecule has 114 valence electrons. The smallest absolute Gasteiger partial charge is 0.259 e. The lowest BCUT2D eigenvalue weighted by atomic mass is 10.0. The largest absolute Gasteiger partial charge is 0.361 e. The SMILES string of the molecule is [C-]#[N+]CC1OCc2c(Br)c(Cl)c3nc(SCC)[nH]c(=O)c3c21. The zero-order chi connectivity index (χ0) is 15.9. The maximum absolute atomic E-state index is 12.5. The first kappa shape index (κ1) is 15.8. The van der Waals surface area contributed by atoms with E-state index in [1.165, 1.54) is 11.8 Å². The Balaban J connectivity index is 2.37. The summed E-state index contributed by atoms with van der Waals surface area (Å²) in [5.41, 5.74) is 1.76. The van der Waals surface area contributed by atoms with Gasteiger partial charge in [0, 0.05) is 15.6 Å². The van der Waals surface area contributed by atoms with Crippen molar-refractivity contribution in [1.82, 2.24) is 9.97 Å². The molecule has 3 rings (SSSR count). The molecule has 1 N–H and O–H groups in total. The summed E-state index contributed by atoms with van der Waals surface area (Å²) in [4.78, 5) is 23.2. The van der Waals surface area contributed by atoms with E-state index < -0.39 is 6.10 Å². The Hall–Kier alpha value is -1.07. The molecule has 0 saturated carbocycles. The number of benzene rings is 1. The van der Waals surface area contributed by atoms with Crippen LogP contribution in [0.3, 0.4) is 0 Å². The minimum atomic E-state index is -0.420. The summed E-state index contributed by atoms with van der Waals surface area (Å²) in [7, 11) is 0. The first-order valence-electron chi connectivity index (χ1n) is 6.59. The van der Waals surface area contributed by atoms with Crippen molar-refractivity contribution in [2.24, 2.45) is 0 Å². The quantitative estimate of drug-likeness (QED) is 0.481. The lowest BCUT2D eigenvalue weighted by molar-refractivity contribution is 0.0779. The van der Waals surface area contributed by atoms with Crippen LogP contribution in [-0.4, -0.2) is 22.3 Å². The molecule has 0 radical (unpaired) electrons. The molecule has 0 fully saturated rings. The molecule has 1 aromatic heterocycles. The van der Waals surface area contributed by atoms with Gasteiger partial charge in [0.15, 0.2) is 11.3 Å². The molecular formula is C14H11BrClN3O2S.